The SMILES string of the molecule is Cc1cc(C)c(S(=O)N[C@@H](c2ccc(I)cc2)C(C)C)c(C)c1. The summed E-state index contributed by atoms with van der Waals surface area (Å²) in [4.78, 5) is 0.909. The van der Waals surface area contributed by atoms with Crippen LogP contribution >= 0.6 is 22.6 Å². The van der Waals surface area contributed by atoms with Crippen LogP contribution < -0.4 is 4.72 Å². The zero-order valence-electron chi connectivity index (χ0n) is 14.3. The molecule has 124 valence electrons. The monoisotopic (exact) mass is 441 g/mol. The second-order valence-electron chi connectivity index (χ2n) is 6.39. The lowest BCUT2D eigenvalue weighted by Gasteiger charge is -2.23. The van der Waals surface area contributed by atoms with Crippen molar-refractivity contribution in [2.45, 2.75) is 45.6 Å². The Hall–Kier alpha value is -0.720. The van der Waals surface area contributed by atoms with Crippen molar-refractivity contribution >= 4 is 33.6 Å². The van der Waals surface area contributed by atoms with Gasteiger partial charge in [-0.15, -0.1) is 0 Å². The van der Waals surface area contributed by atoms with Gasteiger partial charge in [0.15, 0.2) is 0 Å². The Morgan fingerprint density at radius 2 is 1.52 bits per heavy atom. The third-order valence-corrected chi connectivity index (χ3v) is 6.12. The molecule has 0 spiro atoms. The van der Waals surface area contributed by atoms with Gasteiger partial charge in [0, 0.05) is 9.61 Å². The second kappa shape index (κ2) is 7.90. The maximum atomic E-state index is 13.0. The van der Waals surface area contributed by atoms with E-state index in [9.17, 15) is 4.21 Å². The smallest absolute Gasteiger partial charge is 0.126 e. The van der Waals surface area contributed by atoms with Crippen LogP contribution in [0.1, 0.15) is 42.1 Å². The van der Waals surface area contributed by atoms with E-state index in [-0.39, 0.29) is 6.04 Å². The van der Waals surface area contributed by atoms with Crippen LogP contribution in [0.5, 0.6) is 0 Å². The highest BCUT2D eigenvalue weighted by atomic mass is 127. The third kappa shape index (κ3) is 4.64. The average Bonchev–Trinajstić information content (AvgIpc) is 2.44. The Morgan fingerprint density at radius 3 is 2.00 bits per heavy atom. The van der Waals surface area contributed by atoms with Gasteiger partial charge in [0.1, 0.15) is 11.0 Å². The van der Waals surface area contributed by atoms with E-state index in [0.29, 0.717) is 5.92 Å². The molecule has 0 heterocycles. The minimum Gasteiger partial charge on any atom is -0.237 e. The fourth-order valence-corrected chi connectivity index (χ4v) is 4.71. The number of hydrogen-bond donors (Lipinski definition) is 1. The van der Waals surface area contributed by atoms with Crippen LogP contribution in [0.3, 0.4) is 0 Å². The van der Waals surface area contributed by atoms with Gasteiger partial charge in [-0.05, 0) is 78.1 Å². The number of halogens is 1. The molecular formula is C19H24INOS. The van der Waals surface area contributed by atoms with E-state index in [0.717, 1.165) is 16.0 Å². The van der Waals surface area contributed by atoms with Crippen molar-refractivity contribution < 1.29 is 4.21 Å². The van der Waals surface area contributed by atoms with Crippen LogP contribution in [0.2, 0.25) is 0 Å². The summed E-state index contributed by atoms with van der Waals surface area (Å²) in [6, 6.07) is 12.7. The minimum absolute atomic E-state index is 0.0629. The Balaban J connectivity index is 2.31. The predicted octanol–water partition coefficient (Wildman–Crippen LogP) is 5.23. The number of benzene rings is 2. The molecule has 0 saturated heterocycles. The summed E-state index contributed by atoms with van der Waals surface area (Å²) in [5.74, 6) is 0.352. The molecule has 1 N–H and O–H groups in total. The summed E-state index contributed by atoms with van der Waals surface area (Å²) in [5.41, 5.74) is 4.55. The predicted molar refractivity (Wildman–Crippen MR) is 107 cm³/mol. The molecule has 0 aliphatic rings. The lowest BCUT2D eigenvalue weighted by Crippen LogP contribution is -2.28. The molecule has 2 rings (SSSR count). The molecule has 0 aliphatic carbocycles. The van der Waals surface area contributed by atoms with Crippen molar-refractivity contribution in [2.75, 3.05) is 0 Å². The number of nitrogens with one attached hydrogen (secondary N) is 1. The first-order valence-electron chi connectivity index (χ1n) is 7.81. The van der Waals surface area contributed by atoms with E-state index in [1.165, 1.54) is 14.7 Å². The molecule has 23 heavy (non-hydrogen) atoms. The van der Waals surface area contributed by atoms with E-state index in [2.05, 4.69) is 84.5 Å². The number of aryl methyl sites for hydroxylation is 3. The molecular weight excluding hydrogens is 417 g/mol. The molecule has 2 aromatic rings. The van der Waals surface area contributed by atoms with E-state index in [1.54, 1.807) is 0 Å². The highest BCUT2D eigenvalue weighted by molar-refractivity contribution is 14.1. The van der Waals surface area contributed by atoms with Gasteiger partial charge in [-0.25, -0.2) is 8.93 Å². The van der Waals surface area contributed by atoms with Gasteiger partial charge in [-0.2, -0.15) is 0 Å². The van der Waals surface area contributed by atoms with Crippen molar-refractivity contribution in [3.8, 4) is 0 Å². The van der Waals surface area contributed by atoms with E-state index in [1.807, 2.05) is 13.8 Å². The van der Waals surface area contributed by atoms with Crippen molar-refractivity contribution in [1.29, 1.82) is 0 Å². The van der Waals surface area contributed by atoms with Crippen LogP contribution in [0.15, 0.2) is 41.3 Å². The fraction of sp³-hybridized carbons (Fsp3) is 0.368. The van der Waals surface area contributed by atoms with E-state index < -0.39 is 11.0 Å². The van der Waals surface area contributed by atoms with Gasteiger partial charge in [-0.3, -0.25) is 0 Å². The molecule has 4 heteroatoms. The molecule has 1 unspecified atom stereocenters. The minimum atomic E-state index is -1.22. The molecule has 2 nitrogen and oxygen atoms in total. The van der Waals surface area contributed by atoms with Crippen LogP contribution in [-0.2, 0) is 11.0 Å². The quantitative estimate of drug-likeness (QED) is 0.633. The Kier molecular flexibility index (Phi) is 6.40. The molecule has 2 atom stereocenters. The maximum Gasteiger partial charge on any atom is 0.126 e. The topological polar surface area (TPSA) is 29.1 Å². The molecule has 0 amide bonds. The fourth-order valence-electron chi connectivity index (χ4n) is 2.89. The normalized spacial score (nSPS) is 14.0. The summed E-state index contributed by atoms with van der Waals surface area (Å²) in [5, 5.41) is 0. The summed E-state index contributed by atoms with van der Waals surface area (Å²) in [6.45, 7) is 10.4. The first-order valence-corrected chi connectivity index (χ1v) is 10.0. The highest BCUT2D eigenvalue weighted by Gasteiger charge is 2.20. The maximum absolute atomic E-state index is 13.0. The number of rotatable bonds is 5. The Morgan fingerprint density at radius 1 is 1.00 bits per heavy atom. The zero-order chi connectivity index (χ0) is 17.1. The standard InChI is InChI=1S/C19H24INOS/c1-12(2)18(16-6-8-17(20)9-7-16)21-23(22)19-14(4)10-13(3)11-15(19)5/h6-12,18,21H,1-5H3/t18-,23?/m1/s1. The lowest BCUT2D eigenvalue weighted by atomic mass is 9.97. The van der Waals surface area contributed by atoms with Gasteiger partial charge in [0.25, 0.3) is 0 Å². The van der Waals surface area contributed by atoms with Crippen LogP contribution in [0.4, 0.5) is 0 Å². The zero-order valence-corrected chi connectivity index (χ0v) is 17.3. The molecule has 0 fully saturated rings. The summed E-state index contributed by atoms with van der Waals surface area (Å²) < 4.78 is 17.5. The second-order valence-corrected chi connectivity index (χ2v) is 8.81. The summed E-state index contributed by atoms with van der Waals surface area (Å²) in [6.07, 6.45) is 0. The molecule has 0 aromatic heterocycles. The third-order valence-electron chi connectivity index (χ3n) is 3.92. The molecule has 2 aromatic carbocycles. The van der Waals surface area contributed by atoms with Crippen molar-refractivity contribution in [3.63, 3.8) is 0 Å². The number of hydrogen-bond acceptors (Lipinski definition) is 1. The summed E-state index contributed by atoms with van der Waals surface area (Å²) >= 11 is 2.30. The first-order chi connectivity index (χ1) is 10.8. The van der Waals surface area contributed by atoms with E-state index in [4.69, 9.17) is 0 Å². The molecule has 0 radical (unpaired) electrons. The van der Waals surface area contributed by atoms with Gasteiger partial charge < -0.3 is 0 Å². The van der Waals surface area contributed by atoms with E-state index >= 15 is 0 Å². The lowest BCUT2D eigenvalue weighted by molar-refractivity contribution is 0.478. The van der Waals surface area contributed by atoms with Crippen molar-refractivity contribution in [2.24, 2.45) is 5.92 Å². The van der Waals surface area contributed by atoms with Crippen LogP contribution in [0.25, 0.3) is 0 Å². The molecule has 0 bridgehead atoms. The van der Waals surface area contributed by atoms with Gasteiger partial charge in [-0.1, -0.05) is 43.7 Å². The van der Waals surface area contributed by atoms with Gasteiger partial charge >= 0.3 is 0 Å². The summed E-state index contributed by atoms with van der Waals surface area (Å²) in [7, 11) is -1.22. The Bertz CT molecular complexity index is 687. The highest BCUT2D eigenvalue weighted by Crippen LogP contribution is 2.26. The average molecular weight is 441 g/mol. The van der Waals surface area contributed by atoms with Crippen molar-refractivity contribution in [1.82, 2.24) is 4.72 Å². The van der Waals surface area contributed by atoms with Crippen molar-refractivity contribution in [3.05, 3.63) is 62.2 Å². The van der Waals surface area contributed by atoms with Gasteiger partial charge in [0.2, 0.25) is 0 Å². The van der Waals surface area contributed by atoms with Crippen LogP contribution in [-0.4, -0.2) is 4.21 Å². The molecule has 0 saturated carbocycles. The Labute approximate surface area is 155 Å². The van der Waals surface area contributed by atoms with Crippen LogP contribution in [0, 0.1) is 30.3 Å². The molecule has 0 aliphatic heterocycles. The first kappa shape index (κ1) is 18.6. The van der Waals surface area contributed by atoms with Gasteiger partial charge in [0.05, 0.1) is 4.90 Å². The largest absolute Gasteiger partial charge is 0.237 e.